The first-order valence-corrected chi connectivity index (χ1v) is 11.4. The van der Waals surface area contributed by atoms with E-state index in [4.69, 9.17) is 18.3 Å². The lowest BCUT2D eigenvalue weighted by Crippen LogP contribution is -2.41. The van der Waals surface area contributed by atoms with E-state index in [0.29, 0.717) is 45.8 Å². The molecule has 34 heavy (non-hydrogen) atoms. The molecule has 1 atom stereocenters. The van der Waals surface area contributed by atoms with Gasteiger partial charge in [-0.25, -0.2) is 15.0 Å². The largest absolute Gasteiger partial charge is 0.436 e. The van der Waals surface area contributed by atoms with Crippen molar-refractivity contribution < 1.29 is 18.1 Å². The van der Waals surface area contributed by atoms with Crippen LogP contribution < -0.4 is 15.5 Å². The monoisotopic (exact) mass is 461 g/mol. The molecule has 0 radical (unpaired) electrons. The number of carbonyl (C=O) groups excluding carboxylic acids is 1. The normalized spacial score (nSPS) is 20.1. The molecule has 2 fully saturated rings. The van der Waals surface area contributed by atoms with Crippen LogP contribution in [-0.2, 0) is 9.53 Å². The molecule has 9 heteroatoms. The molecule has 1 amide bonds. The van der Waals surface area contributed by atoms with Gasteiger partial charge in [-0.05, 0) is 44.0 Å². The maximum absolute atomic E-state index is 12.3. The Kier molecular flexibility index (Phi) is 4.30. The van der Waals surface area contributed by atoms with E-state index >= 15 is 0 Å². The van der Waals surface area contributed by atoms with Crippen molar-refractivity contribution in [3.63, 3.8) is 0 Å². The smallest absolute Gasteiger partial charge is 0.229 e. The Labute approximate surface area is 200 Å². The van der Waals surface area contributed by atoms with Crippen LogP contribution in [0.15, 0.2) is 41.1 Å². The number of amides is 1. The summed E-state index contributed by atoms with van der Waals surface area (Å²) in [6, 6.07) is 7.59. The summed E-state index contributed by atoms with van der Waals surface area (Å²) in [5.41, 5.74) is 2.92. The van der Waals surface area contributed by atoms with Gasteiger partial charge in [0.25, 0.3) is 0 Å². The molecule has 0 spiro atoms. The van der Waals surface area contributed by atoms with Gasteiger partial charge in [0, 0.05) is 58.9 Å². The highest BCUT2D eigenvalue weighted by Gasteiger charge is 2.30. The molecule has 2 aliphatic rings. The molecule has 174 valence electrons. The fraction of sp³-hybridized carbons (Fsp3) is 0.360. The quantitative estimate of drug-likeness (QED) is 0.459. The lowest BCUT2D eigenvalue weighted by molar-refractivity contribution is -0.117. The van der Waals surface area contributed by atoms with Gasteiger partial charge in [0.1, 0.15) is 17.2 Å². The summed E-state index contributed by atoms with van der Waals surface area (Å²) >= 11 is 0. The van der Waals surface area contributed by atoms with E-state index in [1.807, 2.05) is 18.2 Å². The van der Waals surface area contributed by atoms with Gasteiger partial charge in [-0.2, -0.15) is 0 Å². The van der Waals surface area contributed by atoms with Crippen molar-refractivity contribution in [2.24, 2.45) is 5.92 Å². The van der Waals surface area contributed by atoms with Gasteiger partial charge in [-0.3, -0.25) is 4.79 Å². The molecule has 0 bridgehead atoms. The van der Waals surface area contributed by atoms with E-state index in [0.717, 1.165) is 31.6 Å². The number of ether oxygens (including phenoxy) is 1. The number of aromatic nitrogens is 3. The third-order valence-corrected chi connectivity index (χ3v) is 6.30. The first-order valence-electron chi connectivity index (χ1n) is 12.9. The number of morpholine rings is 1. The topological polar surface area (TPSA) is 105 Å². The van der Waals surface area contributed by atoms with E-state index < -0.39 is 6.98 Å². The highest BCUT2D eigenvalue weighted by molar-refractivity contribution is 6.03. The second kappa shape index (κ2) is 8.25. The standard InChI is InChI=1S/C25H26N6O3/c1-14-13-31(7-8-33-14)16-5-6-21-20(9-16)29-25(34-21)19-12-28-23(26-2)18-11-27-22(10-17(18)19)30-24(32)15-3-4-15/h5-6,9-12,14-15H,3-4,7-8,13H2,1-2H3,(H,26,28)(H,27,30,32)/t14-/m0/s1/i2D3. The summed E-state index contributed by atoms with van der Waals surface area (Å²) in [5, 5.41) is 6.39. The second-order valence-electron chi connectivity index (χ2n) is 8.82. The molecular formula is C25H26N6O3. The number of pyridine rings is 2. The third kappa shape index (κ3) is 3.81. The van der Waals surface area contributed by atoms with Gasteiger partial charge >= 0.3 is 0 Å². The SMILES string of the molecule is [2H]C([2H])([2H])Nc1ncc(-c2nc3cc(N4CCO[C@@H](C)C4)ccc3o2)c2cc(NC(=O)C3CC3)ncc12. The first-order chi connectivity index (χ1) is 17.7. The molecular weight excluding hydrogens is 432 g/mol. The number of rotatable bonds is 5. The Bertz CT molecular complexity index is 1500. The van der Waals surface area contributed by atoms with Crippen molar-refractivity contribution in [3.8, 4) is 11.5 Å². The van der Waals surface area contributed by atoms with Crippen molar-refractivity contribution in [1.29, 1.82) is 0 Å². The molecule has 1 aliphatic heterocycles. The number of hydrogen-bond acceptors (Lipinski definition) is 8. The summed E-state index contributed by atoms with van der Waals surface area (Å²) in [6.45, 7) is 1.88. The zero-order valence-electron chi connectivity index (χ0n) is 21.7. The van der Waals surface area contributed by atoms with Crippen LogP contribution in [0.1, 0.15) is 23.9 Å². The van der Waals surface area contributed by atoms with Crippen molar-refractivity contribution in [2.75, 3.05) is 42.2 Å². The molecule has 4 heterocycles. The maximum atomic E-state index is 12.3. The minimum atomic E-state index is -2.44. The van der Waals surface area contributed by atoms with Gasteiger partial charge in [0.15, 0.2) is 5.58 Å². The van der Waals surface area contributed by atoms with Crippen LogP contribution in [0.2, 0.25) is 0 Å². The number of hydrogen-bond donors (Lipinski definition) is 2. The molecule has 4 aromatic rings. The average molecular weight is 462 g/mol. The third-order valence-electron chi connectivity index (χ3n) is 6.30. The van der Waals surface area contributed by atoms with Gasteiger partial charge in [0.05, 0.1) is 18.3 Å². The Balaban J connectivity index is 1.41. The maximum Gasteiger partial charge on any atom is 0.229 e. The van der Waals surface area contributed by atoms with Crippen LogP contribution in [0.5, 0.6) is 0 Å². The van der Waals surface area contributed by atoms with Crippen LogP contribution in [0.4, 0.5) is 17.3 Å². The van der Waals surface area contributed by atoms with E-state index in [9.17, 15) is 4.79 Å². The van der Waals surface area contributed by atoms with Crippen LogP contribution in [0, 0.1) is 5.92 Å². The van der Waals surface area contributed by atoms with E-state index in [2.05, 4.69) is 32.4 Å². The fourth-order valence-electron chi connectivity index (χ4n) is 4.33. The highest BCUT2D eigenvalue weighted by atomic mass is 16.5. The summed E-state index contributed by atoms with van der Waals surface area (Å²) in [5.74, 6) is 0.812. The molecule has 3 aromatic heterocycles. The summed E-state index contributed by atoms with van der Waals surface area (Å²) in [4.78, 5) is 28.0. The van der Waals surface area contributed by atoms with E-state index in [1.54, 1.807) is 6.07 Å². The summed E-state index contributed by atoms with van der Waals surface area (Å²) in [6.07, 6.45) is 4.92. The molecule has 9 nitrogen and oxygen atoms in total. The van der Waals surface area contributed by atoms with Gasteiger partial charge in [-0.1, -0.05) is 0 Å². The van der Waals surface area contributed by atoms with Crippen molar-refractivity contribution in [2.45, 2.75) is 25.9 Å². The Hall–Kier alpha value is -3.72. The van der Waals surface area contributed by atoms with Gasteiger partial charge in [-0.15, -0.1) is 0 Å². The minimum absolute atomic E-state index is 0.0166. The lowest BCUT2D eigenvalue weighted by Gasteiger charge is -2.32. The van der Waals surface area contributed by atoms with Crippen molar-refractivity contribution >= 4 is 45.1 Å². The molecule has 6 rings (SSSR count). The molecule has 0 unspecified atom stereocenters. The zero-order chi connectivity index (χ0) is 25.7. The second-order valence-corrected chi connectivity index (χ2v) is 8.82. The predicted molar refractivity (Wildman–Crippen MR) is 131 cm³/mol. The average Bonchev–Trinajstić information content (AvgIpc) is 3.62. The first kappa shape index (κ1) is 17.7. The minimum Gasteiger partial charge on any atom is -0.436 e. The van der Waals surface area contributed by atoms with Crippen molar-refractivity contribution in [1.82, 2.24) is 15.0 Å². The van der Waals surface area contributed by atoms with Crippen molar-refractivity contribution in [3.05, 3.63) is 36.7 Å². The number of anilines is 3. The zero-order valence-corrected chi connectivity index (χ0v) is 18.7. The molecule has 1 aliphatic carbocycles. The van der Waals surface area contributed by atoms with Crippen LogP contribution in [0.25, 0.3) is 33.3 Å². The van der Waals surface area contributed by atoms with Crippen LogP contribution in [-0.4, -0.2) is 53.6 Å². The fourth-order valence-corrected chi connectivity index (χ4v) is 4.33. The lowest BCUT2D eigenvalue weighted by atomic mass is 10.1. The number of benzene rings is 1. The van der Waals surface area contributed by atoms with E-state index in [-0.39, 0.29) is 23.7 Å². The summed E-state index contributed by atoms with van der Waals surface area (Å²) in [7, 11) is 0. The number of carbonyl (C=O) groups is 1. The number of fused-ring (bicyclic) bond motifs is 2. The molecule has 1 saturated carbocycles. The summed E-state index contributed by atoms with van der Waals surface area (Å²) < 4.78 is 34.6. The number of oxazole rings is 1. The molecule has 1 saturated heterocycles. The Morgan fingerprint density at radius 1 is 1.21 bits per heavy atom. The molecule has 1 aromatic carbocycles. The number of nitrogens with zero attached hydrogens (tertiary/aromatic N) is 4. The Morgan fingerprint density at radius 2 is 2.12 bits per heavy atom. The Morgan fingerprint density at radius 3 is 2.94 bits per heavy atom. The van der Waals surface area contributed by atoms with Gasteiger partial charge < -0.3 is 24.7 Å². The van der Waals surface area contributed by atoms with E-state index in [1.165, 1.54) is 12.4 Å². The highest BCUT2D eigenvalue weighted by Crippen LogP contribution is 2.35. The van der Waals surface area contributed by atoms with Gasteiger partial charge in [0.2, 0.25) is 11.8 Å². The van der Waals surface area contributed by atoms with Crippen LogP contribution >= 0.6 is 0 Å². The molecule has 2 N–H and O–H groups in total. The van der Waals surface area contributed by atoms with Crippen LogP contribution in [0.3, 0.4) is 0 Å². The predicted octanol–water partition coefficient (Wildman–Crippen LogP) is 4.05. The number of nitrogens with one attached hydrogen (secondary N) is 2.